The fourth-order valence-corrected chi connectivity index (χ4v) is 2.44. The Morgan fingerprint density at radius 3 is 2.26 bits per heavy atom. The van der Waals surface area contributed by atoms with Gasteiger partial charge in [-0.2, -0.15) is 13.2 Å². The summed E-state index contributed by atoms with van der Waals surface area (Å²) >= 11 is 0. The Bertz CT molecular complexity index is 606. The number of carbonyl (C=O) groups is 2. The first kappa shape index (κ1) is 22.9. The first-order valence-corrected chi connectivity index (χ1v) is 8.82. The van der Waals surface area contributed by atoms with Gasteiger partial charge in [-0.1, -0.05) is 25.5 Å². The molecule has 1 atom stereocenters. The van der Waals surface area contributed by atoms with Gasteiger partial charge in [-0.15, -0.1) is 9.60 Å². The van der Waals surface area contributed by atoms with Crippen molar-refractivity contribution in [3.8, 4) is 0 Å². The van der Waals surface area contributed by atoms with Crippen molar-refractivity contribution in [2.75, 3.05) is 13.2 Å². The Morgan fingerprint density at radius 1 is 1.11 bits per heavy atom. The number of hydrogen-bond acceptors (Lipinski definition) is 3. The molecule has 5 nitrogen and oxygen atoms in total. The zero-order chi connectivity index (χ0) is 20.4. The number of alkyl halides is 3. The van der Waals surface area contributed by atoms with Crippen LogP contribution in [0.4, 0.5) is 17.7 Å². The van der Waals surface area contributed by atoms with Crippen LogP contribution >= 0.6 is 0 Å². The number of amides is 2. The van der Waals surface area contributed by atoms with Crippen LogP contribution < -0.4 is 10.6 Å². The van der Waals surface area contributed by atoms with E-state index < -0.39 is 36.3 Å². The molecule has 0 fully saturated rings. The molecule has 0 aliphatic rings. The molecule has 0 aromatic heterocycles. The summed E-state index contributed by atoms with van der Waals surface area (Å²) in [5.41, 5.74) is -0.183. The van der Waals surface area contributed by atoms with E-state index in [2.05, 4.69) is 10.6 Å². The lowest BCUT2D eigenvalue weighted by Crippen LogP contribution is -2.47. The standard InChI is InChI=1S/C18H25F4N3O2/c1-3-5-15(17(27)23-4-2)25(22)12-24-16(26)11-8-13-6-9-14(10-7-13)18(19,20)21/h6-7,9-10,15H,3-5,8,11-12H2,1-2H3,(H,23,27)(H,24,26). The van der Waals surface area contributed by atoms with Crippen molar-refractivity contribution in [1.82, 2.24) is 15.8 Å². The Balaban J connectivity index is 2.46. The zero-order valence-corrected chi connectivity index (χ0v) is 15.4. The molecule has 0 radical (unpaired) electrons. The third-order valence-corrected chi connectivity index (χ3v) is 3.90. The fraction of sp³-hybridized carbons (Fsp3) is 0.556. The molecular formula is C18H25F4N3O2. The third-order valence-electron chi connectivity index (χ3n) is 3.90. The summed E-state index contributed by atoms with van der Waals surface area (Å²) < 4.78 is 51.7. The van der Waals surface area contributed by atoms with Crippen molar-refractivity contribution in [3.63, 3.8) is 0 Å². The van der Waals surface area contributed by atoms with Gasteiger partial charge < -0.3 is 10.6 Å². The van der Waals surface area contributed by atoms with Crippen LogP contribution in [0.2, 0.25) is 0 Å². The molecule has 9 heteroatoms. The molecule has 0 aliphatic carbocycles. The van der Waals surface area contributed by atoms with Crippen molar-refractivity contribution >= 4 is 11.8 Å². The van der Waals surface area contributed by atoms with Crippen LogP contribution in [0.5, 0.6) is 0 Å². The lowest BCUT2D eigenvalue weighted by atomic mass is 10.1. The van der Waals surface area contributed by atoms with Crippen LogP contribution in [-0.2, 0) is 22.2 Å². The van der Waals surface area contributed by atoms with Crippen molar-refractivity contribution < 1.29 is 27.2 Å². The van der Waals surface area contributed by atoms with Gasteiger partial charge in [-0.05, 0) is 37.5 Å². The number of likely N-dealkylation sites (N-methyl/N-ethyl adjacent to an activating group) is 1. The average molecular weight is 391 g/mol. The SMILES string of the molecule is CCCC(C(=O)NCC)N(F)CNC(=O)CCc1ccc(C(F)(F)F)cc1. The van der Waals surface area contributed by atoms with Crippen molar-refractivity contribution in [1.29, 1.82) is 0 Å². The fourth-order valence-electron chi connectivity index (χ4n) is 2.44. The van der Waals surface area contributed by atoms with E-state index in [0.29, 0.717) is 24.9 Å². The van der Waals surface area contributed by atoms with Gasteiger partial charge in [0.15, 0.2) is 0 Å². The topological polar surface area (TPSA) is 61.4 Å². The number of nitrogens with zero attached hydrogens (tertiary/aromatic N) is 1. The van der Waals surface area contributed by atoms with Gasteiger partial charge in [-0.25, -0.2) is 0 Å². The molecule has 0 saturated carbocycles. The molecular weight excluding hydrogens is 366 g/mol. The summed E-state index contributed by atoms with van der Waals surface area (Å²) in [6, 6.07) is 3.55. The molecule has 1 aromatic carbocycles. The molecule has 27 heavy (non-hydrogen) atoms. The molecule has 0 heterocycles. The minimum absolute atomic E-state index is 0.00119. The monoisotopic (exact) mass is 391 g/mol. The van der Waals surface area contributed by atoms with Gasteiger partial charge in [0.2, 0.25) is 11.8 Å². The first-order chi connectivity index (χ1) is 12.7. The molecule has 0 bridgehead atoms. The average Bonchev–Trinajstić information content (AvgIpc) is 2.62. The van der Waals surface area contributed by atoms with Gasteiger partial charge in [0.25, 0.3) is 0 Å². The second-order valence-electron chi connectivity index (χ2n) is 6.05. The Hall–Kier alpha value is -2.16. The second-order valence-corrected chi connectivity index (χ2v) is 6.05. The third kappa shape index (κ3) is 7.94. The van der Waals surface area contributed by atoms with E-state index in [4.69, 9.17) is 0 Å². The molecule has 2 N–H and O–H groups in total. The van der Waals surface area contributed by atoms with Gasteiger partial charge >= 0.3 is 6.18 Å². The molecule has 0 spiro atoms. The quantitative estimate of drug-likeness (QED) is 0.366. The summed E-state index contributed by atoms with van der Waals surface area (Å²) in [5.74, 6) is -0.899. The molecule has 0 aliphatic heterocycles. The summed E-state index contributed by atoms with van der Waals surface area (Å²) in [6.07, 6.45) is -3.27. The largest absolute Gasteiger partial charge is 0.416 e. The molecule has 1 rings (SSSR count). The van der Waals surface area contributed by atoms with E-state index in [0.717, 1.165) is 12.1 Å². The van der Waals surface area contributed by atoms with Crippen LogP contribution in [0, 0.1) is 0 Å². The first-order valence-electron chi connectivity index (χ1n) is 8.82. The number of hydrogen-bond donors (Lipinski definition) is 2. The smallest absolute Gasteiger partial charge is 0.355 e. The van der Waals surface area contributed by atoms with Crippen molar-refractivity contribution in [2.45, 2.75) is 51.7 Å². The minimum Gasteiger partial charge on any atom is -0.355 e. The van der Waals surface area contributed by atoms with Crippen LogP contribution in [0.3, 0.4) is 0 Å². The second kappa shape index (κ2) is 10.9. The Kier molecular flexibility index (Phi) is 9.20. The molecule has 0 saturated heterocycles. The maximum Gasteiger partial charge on any atom is 0.416 e. The van der Waals surface area contributed by atoms with Crippen molar-refractivity contribution in [2.24, 2.45) is 0 Å². The highest BCUT2D eigenvalue weighted by Gasteiger charge is 2.30. The number of halogens is 4. The highest BCUT2D eigenvalue weighted by Crippen LogP contribution is 2.29. The van der Waals surface area contributed by atoms with Crippen molar-refractivity contribution in [3.05, 3.63) is 35.4 Å². The van der Waals surface area contributed by atoms with Gasteiger partial charge in [0, 0.05) is 13.0 Å². The number of benzene rings is 1. The Morgan fingerprint density at radius 2 is 1.74 bits per heavy atom. The summed E-state index contributed by atoms with van der Waals surface area (Å²) in [5, 5.41) is 5.21. The highest BCUT2D eigenvalue weighted by atomic mass is 19.4. The molecule has 1 unspecified atom stereocenters. The van der Waals surface area contributed by atoms with Crippen LogP contribution in [0.15, 0.2) is 24.3 Å². The van der Waals surface area contributed by atoms with Gasteiger partial charge in [-0.3, -0.25) is 9.59 Å². The minimum atomic E-state index is -4.40. The number of rotatable bonds is 10. The number of nitrogens with one attached hydrogen (secondary N) is 2. The van der Waals surface area contributed by atoms with Crippen LogP contribution in [-0.4, -0.2) is 36.2 Å². The maximum absolute atomic E-state index is 14.2. The van der Waals surface area contributed by atoms with E-state index in [-0.39, 0.29) is 18.0 Å². The lowest BCUT2D eigenvalue weighted by Gasteiger charge is -2.22. The van der Waals surface area contributed by atoms with Gasteiger partial charge in [0.05, 0.1) is 5.56 Å². The Labute approximate surface area is 156 Å². The van der Waals surface area contributed by atoms with Crippen LogP contribution in [0.1, 0.15) is 44.2 Å². The van der Waals surface area contributed by atoms with E-state index in [1.165, 1.54) is 12.1 Å². The summed E-state index contributed by atoms with van der Waals surface area (Å²) in [4.78, 5) is 23.7. The van der Waals surface area contributed by atoms with E-state index in [1.807, 2.05) is 6.92 Å². The maximum atomic E-state index is 14.2. The zero-order valence-electron chi connectivity index (χ0n) is 15.4. The summed E-state index contributed by atoms with van der Waals surface area (Å²) in [6.45, 7) is 3.50. The normalized spacial score (nSPS) is 12.7. The van der Waals surface area contributed by atoms with E-state index in [1.54, 1.807) is 6.92 Å². The van der Waals surface area contributed by atoms with E-state index >= 15 is 0 Å². The summed E-state index contributed by atoms with van der Waals surface area (Å²) in [7, 11) is 0. The van der Waals surface area contributed by atoms with Gasteiger partial charge in [0.1, 0.15) is 12.7 Å². The molecule has 2 amide bonds. The lowest BCUT2D eigenvalue weighted by molar-refractivity contribution is -0.138. The predicted molar refractivity (Wildman–Crippen MR) is 93.1 cm³/mol. The van der Waals surface area contributed by atoms with Crippen LogP contribution in [0.25, 0.3) is 0 Å². The predicted octanol–water partition coefficient (Wildman–Crippen LogP) is 3.20. The molecule has 1 aromatic rings. The van der Waals surface area contributed by atoms with E-state index in [9.17, 15) is 27.2 Å². The highest BCUT2D eigenvalue weighted by molar-refractivity contribution is 5.81. The number of carbonyl (C=O) groups excluding carboxylic acids is 2. The molecule has 152 valence electrons. The number of aryl methyl sites for hydroxylation is 1.